The maximum atomic E-state index is 12.9. The van der Waals surface area contributed by atoms with E-state index in [4.69, 9.17) is 0 Å². The molecule has 1 aromatic heterocycles. The smallest absolute Gasteiger partial charge is 0.416 e. The van der Waals surface area contributed by atoms with Crippen LogP contribution in [0, 0.1) is 5.92 Å². The number of benzene rings is 1. The number of amides is 1. The topological polar surface area (TPSA) is 57.6 Å². The van der Waals surface area contributed by atoms with E-state index in [1.807, 2.05) is 0 Å². The highest BCUT2D eigenvalue weighted by Gasteiger charge is 2.38. The number of alkyl halides is 3. The number of halogens is 3. The standard InChI is InChI=1S/C23H24F3NO3S/c24-23(25,26)16-11-9-15(10-12-16)19-13-18(21(31-19)22(29)30)27-17(7-4-8-20(27)28)14-5-2-1-3-6-14/h9-14,17H,1-8H2,(H,29,30). The first-order valence-electron chi connectivity index (χ1n) is 10.6. The number of carboxylic acid groups (broad SMARTS) is 1. The fourth-order valence-electron chi connectivity index (χ4n) is 4.85. The van der Waals surface area contributed by atoms with E-state index < -0.39 is 17.7 Å². The molecular weight excluding hydrogens is 427 g/mol. The summed E-state index contributed by atoms with van der Waals surface area (Å²) in [6.45, 7) is 0. The molecule has 1 amide bonds. The van der Waals surface area contributed by atoms with Crippen molar-refractivity contribution in [3.8, 4) is 10.4 Å². The highest BCUT2D eigenvalue weighted by molar-refractivity contribution is 7.18. The quantitative estimate of drug-likeness (QED) is 0.570. The minimum Gasteiger partial charge on any atom is -0.477 e. The van der Waals surface area contributed by atoms with Crippen LogP contribution in [-0.2, 0) is 11.0 Å². The second-order valence-corrected chi connectivity index (χ2v) is 9.38. The van der Waals surface area contributed by atoms with Crippen LogP contribution in [0.1, 0.15) is 66.6 Å². The zero-order chi connectivity index (χ0) is 22.2. The predicted octanol–water partition coefficient (Wildman–Crippen LogP) is 6.60. The summed E-state index contributed by atoms with van der Waals surface area (Å²) in [6.07, 6.45) is 3.10. The summed E-state index contributed by atoms with van der Waals surface area (Å²) in [5.74, 6) is -0.839. The number of carboxylic acids is 1. The van der Waals surface area contributed by atoms with Crippen LogP contribution in [0.15, 0.2) is 30.3 Å². The van der Waals surface area contributed by atoms with Gasteiger partial charge in [-0.1, -0.05) is 31.4 Å². The van der Waals surface area contributed by atoms with Gasteiger partial charge >= 0.3 is 12.1 Å². The van der Waals surface area contributed by atoms with Crippen molar-refractivity contribution in [1.82, 2.24) is 0 Å². The molecule has 1 aliphatic heterocycles. The van der Waals surface area contributed by atoms with E-state index >= 15 is 0 Å². The van der Waals surface area contributed by atoms with Crippen molar-refractivity contribution in [1.29, 1.82) is 0 Å². The van der Waals surface area contributed by atoms with Crippen molar-refractivity contribution in [2.45, 2.75) is 63.6 Å². The summed E-state index contributed by atoms with van der Waals surface area (Å²) in [5, 5.41) is 9.81. The van der Waals surface area contributed by atoms with E-state index in [9.17, 15) is 27.9 Å². The van der Waals surface area contributed by atoms with Crippen LogP contribution in [0.2, 0.25) is 0 Å². The van der Waals surface area contributed by atoms with Gasteiger partial charge in [-0.15, -0.1) is 11.3 Å². The van der Waals surface area contributed by atoms with Gasteiger partial charge in [0, 0.05) is 17.3 Å². The molecule has 1 unspecified atom stereocenters. The Morgan fingerprint density at radius 3 is 2.32 bits per heavy atom. The molecule has 166 valence electrons. The highest BCUT2D eigenvalue weighted by Crippen LogP contribution is 2.43. The Labute approximate surface area is 182 Å². The molecule has 1 aromatic carbocycles. The Morgan fingerprint density at radius 1 is 1.03 bits per heavy atom. The second-order valence-electron chi connectivity index (χ2n) is 8.33. The Hall–Kier alpha value is -2.35. The third kappa shape index (κ3) is 4.49. The number of hydrogen-bond donors (Lipinski definition) is 1. The molecule has 0 radical (unpaired) electrons. The summed E-state index contributed by atoms with van der Waals surface area (Å²) in [6, 6.07) is 6.32. The summed E-state index contributed by atoms with van der Waals surface area (Å²) < 4.78 is 38.6. The highest BCUT2D eigenvalue weighted by atomic mass is 32.1. The normalized spacial score (nSPS) is 20.8. The lowest BCUT2D eigenvalue weighted by Crippen LogP contribution is -2.48. The van der Waals surface area contributed by atoms with Crippen LogP contribution >= 0.6 is 11.3 Å². The molecule has 2 aliphatic rings. The molecule has 1 N–H and O–H groups in total. The zero-order valence-electron chi connectivity index (χ0n) is 17.0. The first kappa shape index (κ1) is 21.9. The number of thiophene rings is 1. The van der Waals surface area contributed by atoms with E-state index in [2.05, 4.69) is 0 Å². The monoisotopic (exact) mass is 451 g/mol. The average Bonchev–Trinajstić information content (AvgIpc) is 3.19. The molecule has 4 nitrogen and oxygen atoms in total. The molecule has 1 aliphatic carbocycles. The number of aromatic carboxylic acids is 1. The first-order chi connectivity index (χ1) is 14.8. The summed E-state index contributed by atoms with van der Waals surface area (Å²) in [4.78, 5) is 27.2. The van der Waals surface area contributed by atoms with Gasteiger partial charge in [0.15, 0.2) is 0 Å². The lowest BCUT2D eigenvalue weighted by atomic mass is 9.79. The number of hydrogen-bond acceptors (Lipinski definition) is 3. The summed E-state index contributed by atoms with van der Waals surface area (Å²) >= 11 is 1.00. The molecule has 4 rings (SSSR count). The Kier molecular flexibility index (Phi) is 6.10. The Morgan fingerprint density at radius 2 is 1.71 bits per heavy atom. The fourth-order valence-corrected chi connectivity index (χ4v) is 5.85. The van der Waals surface area contributed by atoms with Crippen molar-refractivity contribution in [2.24, 2.45) is 5.92 Å². The predicted molar refractivity (Wildman–Crippen MR) is 113 cm³/mol. The van der Waals surface area contributed by atoms with E-state index in [-0.39, 0.29) is 16.8 Å². The number of piperidine rings is 1. The van der Waals surface area contributed by atoms with Crippen molar-refractivity contribution < 1.29 is 27.9 Å². The van der Waals surface area contributed by atoms with Crippen molar-refractivity contribution >= 4 is 28.9 Å². The van der Waals surface area contributed by atoms with Crippen LogP contribution in [0.4, 0.5) is 18.9 Å². The molecule has 0 bridgehead atoms. The van der Waals surface area contributed by atoms with Crippen LogP contribution in [0.3, 0.4) is 0 Å². The van der Waals surface area contributed by atoms with Gasteiger partial charge in [-0.05, 0) is 55.4 Å². The van der Waals surface area contributed by atoms with E-state index in [1.54, 1.807) is 11.0 Å². The van der Waals surface area contributed by atoms with Gasteiger partial charge in [0.1, 0.15) is 4.88 Å². The lowest BCUT2D eigenvalue weighted by Gasteiger charge is -2.41. The maximum Gasteiger partial charge on any atom is 0.416 e. The largest absolute Gasteiger partial charge is 0.477 e. The molecule has 1 saturated carbocycles. The third-order valence-corrected chi connectivity index (χ3v) is 7.51. The molecule has 2 fully saturated rings. The van der Waals surface area contributed by atoms with Gasteiger partial charge in [-0.25, -0.2) is 4.79 Å². The molecular formula is C23H24F3NO3S. The number of anilines is 1. The van der Waals surface area contributed by atoms with Crippen molar-refractivity contribution in [3.05, 3.63) is 40.8 Å². The van der Waals surface area contributed by atoms with Crippen LogP contribution in [-0.4, -0.2) is 23.0 Å². The van der Waals surface area contributed by atoms with E-state index in [0.29, 0.717) is 28.5 Å². The van der Waals surface area contributed by atoms with E-state index in [1.165, 1.54) is 18.6 Å². The van der Waals surface area contributed by atoms with Crippen molar-refractivity contribution in [3.63, 3.8) is 0 Å². The summed E-state index contributed by atoms with van der Waals surface area (Å²) in [7, 11) is 0. The van der Waals surface area contributed by atoms with Crippen LogP contribution in [0.25, 0.3) is 10.4 Å². The number of carbonyl (C=O) groups excluding carboxylic acids is 1. The molecule has 31 heavy (non-hydrogen) atoms. The molecule has 8 heteroatoms. The van der Waals surface area contributed by atoms with Crippen LogP contribution in [0.5, 0.6) is 0 Å². The van der Waals surface area contributed by atoms with Crippen molar-refractivity contribution in [2.75, 3.05) is 4.90 Å². The molecule has 2 aromatic rings. The number of carbonyl (C=O) groups is 2. The molecule has 2 heterocycles. The van der Waals surface area contributed by atoms with Gasteiger partial charge in [0.25, 0.3) is 0 Å². The zero-order valence-corrected chi connectivity index (χ0v) is 17.8. The van der Waals surface area contributed by atoms with Gasteiger partial charge in [0.05, 0.1) is 11.3 Å². The fraction of sp³-hybridized carbons (Fsp3) is 0.478. The maximum absolute atomic E-state index is 12.9. The number of nitrogens with zero attached hydrogens (tertiary/aromatic N) is 1. The minimum atomic E-state index is -4.43. The molecule has 1 atom stereocenters. The number of rotatable bonds is 4. The molecule has 1 saturated heterocycles. The van der Waals surface area contributed by atoms with Gasteiger partial charge in [-0.3, -0.25) is 4.79 Å². The second kappa shape index (κ2) is 8.65. The Bertz CT molecular complexity index is 961. The first-order valence-corrected chi connectivity index (χ1v) is 11.4. The SMILES string of the molecule is O=C(O)c1sc(-c2ccc(C(F)(F)F)cc2)cc1N1C(=O)CCCC1C1CCCCC1. The third-order valence-electron chi connectivity index (χ3n) is 6.35. The van der Waals surface area contributed by atoms with Gasteiger partial charge < -0.3 is 10.0 Å². The van der Waals surface area contributed by atoms with Gasteiger partial charge in [-0.2, -0.15) is 13.2 Å². The van der Waals surface area contributed by atoms with Crippen LogP contribution < -0.4 is 4.90 Å². The Balaban J connectivity index is 1.72. The van der Waals surface area contributed by atoms with Gasteiger partial charge in [0.2, 0.25) is 5.91 Å². The van der Waals surface area contributed by atoms with E-state index in [0.717, 1.165) is 62.0 Å². The minimum absolute atomic E-state index is 0.0188. The summed E-state index contributed by atoms with van der Waals surface area (Å²) in [5.41, 5.74) is 0.133. The lowest BCUT2D eigenvalue weighted by molar-refractivity contribution is -0.137. The average molecular weight is 452 g/mol. The molecule has 0 spiro atoms.